The number of hydrogen-bond acceptors (Lipinski definition) is 2. The first kappa shape index (κ1) is 23.9. The Morgan fingerprint density at radius 1 is 1.03 bits per heavy atom. The van der Waals surface area contributed by atoms with Crippen molar-refractivity contribution in [1.82, 2.24) is 9.80 Å². The second-order valence-electron chi connectivity index (χ2n) is 7.67. The summed E-state index contributed by atoms with van der Waals surface area (Å²) in [6.07, 6.45) is -9.30. The fraction of sp³-hybridized carbons (Fsp3) is 0.409. The van der Waals surface area contributed by atoms with Crippen molar-refractivity contribution in [3.8, 4) is 0 Å². The Labute approximate surface area is 181 Å². The second-order valence-corrected chi connectivity index (χ2v) is 7.67. The molecule has 0 aliphatic carbocycles. The van der Waals surface area contributed by atoms with E-state index in [-0.39, 0.29) is 18.7 Å². The van der Waals surface area contributed by atoms with E-state index in [4.69, 9.17) is 0 Å². The van der Waals surface area contributed by atoms with Crippen LogP contribution in [0.2, 0.25) is 0 Å². The number of carbonyl (C=O) groups is 1. The Kier molecular flexibility index (Phi) is 7.02. The third-order valence-corrected chi connectivity index (χ3v) is 5.38. The summed E-state index contributed by atoms with van der Waals surface area (Å²) in [5.74, 6) is 0. The zero-order valence-electron chi connectivity index (χ0n) is 17.3. The summed E-state index contributed by atoms with van der Waals surface area (Å²) in [5, 5.41) is 2.23. The van der Waals surface area contributed by atoms with Crippen molar-refractivity contribution in [3.05, 3.63) is 65.2 Å². The van der Waals surface area contributed by atoms with Gasteiger partial charge >= 0.3 is 18.4 Å². The highest BCUT2D eigenvalue weighted by molar-refractivity contribution is 5.89. The van der Waals surface area contributed by atoms with Gasteiger partial charge in [-0.15, -0.1) is 0 Å². The Hall–Kier alpha value is -2.75. The van der Waals surface area contributed by atoms with Crippen molar-refractivity contribution in [1.29, 1.82) is 0 Å². The monoisotopic (exact) mass is 459 g/mol. The van der Waals surface area contributed by atoms with Crippen LogP contribution in [0.25, 0.3) is 0 Å². The number of amides is 2. The summed E-state index contributed by atoms with van der Waals surface area (Å²) < 4.78 is 78.4. The topological polar surface area (TPSA) is 35.6 Å². The van der Waals surface area contributed by atoms with Crippen LogP contribution in [0.15, 0.2) is 48.5 Å². The van der Waals surface area contributed by atoms with Crippen molar-refractivity contribution >= 4 is 11.7 Å². The minimum atomic E-state index is -4.98. The molecule has 1 atom stereocenters. The number of rotatable bonds is 5. The van der Waals surface area contributed by atoms with E-state index in [0.29, 0.717) is 31.6 Å². The number of carbonyl (C=O) groups excluding carboxylic acids is 1. The lowest BCUT2D eigenvalue weighted by Crippen LogP contribution is -2.44. The van der Waals surface area contributed by atoms with E-state index < -0.39 is 35.2 Å². The van der Waals surface area contributed by atoms with Gasteiger partial charge in [0.05, 0.1) is 11.1 Å². The Balaban J connectivity index is 1.72. The molecule has 0 saturated carbocycles. The molecule has 2 aromatic rings. The summed E-state index contributed by atoms with van der Waals surface area (Å²) in [4.78, 5) is 16.3. The Morgan fingerprint density at radius 3 is 2.16 bits per heavy atom. The lowest BCUT2D eigenvalue weighted by Gasteiger charge is -2.28. The standard InChI is InChI=1S/C22H23F6N3O/c1-2-31(19-8-9-30(14-19)13-15-6-4-3-5-7-15)20(32)29-18-11-16(21(23,24)25)10-17(12-18)22(26,27)28/h3-7,10-12,19H,2,8-9,13-14H2,1H3,(H,29,32). The van der Waals surface area contributed by atoms with Crippen molar-refractivity contribution < 1.29 is 31.1 Å². The van der Waals surface area contributed by atoms with Gasteiger partial charge in [-0.2, -0.15) is 26.3 Å². The molecule has 3 rings (SSSR count). The van der Waals surface area contributed by atoms with Gasteiger partial charge in [0.1, 0.15) is 0 Å². The molecule has 10 heteroatoms. The number of urea groups is 1. The van der Waals surface area contributed by atoms with Crippen molar-refractivity contribution in [3.63, 3.8) is 0 Å². The van der Waals surface area contributed by atoms with Gasteiger partial charge in [0.15, 0.2) is 0 Å². The lowest BCUT2D eigenvalue weighted by molar-refractivity contribution is -0.143. The van der Waals surface area contributed by atoms with Crippen molar-refractivity contribution in [2.75, 3.05) is 25.0 Å². The first-order valence-electron chi connectivity index (χ1n) is 10.1. The van der Waals surface area contributed by atoms with Crippen molar-refractivity contribution in [2.24, 2.45) is 0 Å². The smallest absolute Gasteiger partial charge is 0.320 e. The third kappa shape index (κ3) is 5.93. The number of nitrogens with zero attached hydrogens (tertiary/aromatic N) is 2. The van der Waals surface area contributed by atoms with E-state index >= 15 is 0 Å². The normalized spacial score (nSPS) is 17.4. The number of nitrogens with one attached hydrogen (secondary N) is 1. The maximum absolute atomic E-state index is 13.1. The molecule has 1 N–H and O–H groups in total. The first-order chi connectivity index (χ1) is 15.0. The molecule has 0 spiro atoms. The number of alkyl halides is 6. The quantitative estimate of drug-likeness (QED) is 0.570. The first-order valence-corrected chi connectivity index (χ1v) is 10.1. The summed E-state index contributed by atoms with van der Waals surface area (Å²) in [5.41, 5.74) is -2.37. The Bertz CT molecular complexity index is 897. The van der Waals surface area contributed by atoms with E-state index in [1.54, 1.807) is 6.92 Å². The number of likely N-dealkylation sites (tertiary alicyclic amines) is 1. The summed E-state index contributed by atoms with van der Waals surface area (Å²) >= 11 is 0. The zero-order valence-corrected chi connectivity index (χ0v) is 17.3. The average molecular weight is 459 g/mol. The predicted molar refractivity (Wildman–Crippen MR) is 108 cm³/mol. The maximum atomic E-state index is 13.1. The minimum Gasteiger partial charge on any atom is -0.320 e. The minimum absolute atomic E-state index is 0.0334. The number of halogens is 6. The summed E-state index contributed by atoms with van der Waals surface area (Å²) in [7, 11) is 0. The molecule has 32 heavy (non-hydrogen) atoms. The highest BCUT2D eigenvalue weighted by Gasteiger charge is 2.37. The zero-order chi connectivity index (χ0) is 23.5. The number of hydrogen-bond donors (Lipinski definition) is 1. The number of anilines is 1. The molecule has 1 fully saturated rings. The number of benzene rings is 2. The summed E-state index contributed by atoms with van der Waals surface area (Å²) in [6, 6.07) is 9.88. The highest BCUT2D eigenvalue weighted by atomic mass is 19.4. The molecule has 1 unspecified atom stereocenters. The van der Waals surface area contributed by atoms with E-state index in [1.165, 1.54) is 4.90 Å². The van der Waals surface area contributed by atoms with Crippen LogP contribution in [-0.4, -0.2) is 41.5 Å². The maximum Gasteiger partial charge on any atom is 0.416 e. The van der Waals surface area contributed by atoms with Gasteiger partial charge in [0, 0.05) is 37.9 Å². The highest BCUT2D eigenvalue weighted by Crippen LogP contribution is 2.37. The molecule has 174 valence electrons. The molecule has 1 aliphatic heterocycles. The second kappa shape index (κ2) is 9.40. The fourth-order valence-corrected chi connectivity index (χ4v) is 3.84. The van der Waals surface area contributed by atoms with Crippen LogP contribution < -0.4 is 5.32 Å². The molecular weight excluding hydrogens is 436 g/mol. The Morgan fingerprint density at radius 2 is 1.62 bits per heavy atom. The molecular formula is C22H23F6N3O. The van der Waals surface area contributed by atoms with E-state index in [0.717, 1.165) is 12.1 Å². The van der Waals surface area contributed by atoms with Crippen LogP contribution in [-0.2, 0) is 18.9 Å². The fourth-order valence-electron chi connectivity index (χ4n) is 3.84. The third-order valence-electron chi connectivity index (χ3n) is 5.38. The van der Waals surface area contributed by atoms with Gasteiger partial charge < -0.3 is 10.2 Å². The average Bonchev–Trinajstić information content (AvgIpc) is 3.15. The van der Waals surface area contributed by atoms with Crippen LogP contribution in [0, 0.1) is 0 Å². The summed E-state index contributed by atoms with van der Waals surface area (Å²) in [6.45, 7) is 3.96. The van der Waals surface area contributed by atoms with Crippen LogP contribution in [0.5, 0.6) is 0 Å². The van der Waals surface area contributed by atoms with Crippen LogP contribution >= 0.6 is 0 Å². The molecule has 1 aliphatic rings. The molecule has 1 saturated heterocycles. The molecule has 0 bridgehead atoms. The predicted octanol–water partition coefficient (Wildman–Crippen LogP) is 5.85. The SMILES string of the molecule is CCN(C(=O)Nc1cc(C(F)(F)F)cc(C(F)(F)F)c1)C1CCN(Cc2ccccc2)C1. The molecule has 2 amide bonds. The van der Waals surface area contributed by atoms with E-state index in [2.05, 4.69) is 10.2 Å². The number of likely N-dealkylation sites (N-methyl/N-ethyl adjacent to an activating group) is 1. The van der Waals surface area contributed by atoms with Gasteiger partial charge in [-0.1, -0.05) is 30.3 Å². The van der Waals surface area contributed by atoms with E-state index in [9.17, 15) is 31.1 Å². The largest absolute Gasteiger partial charge is 0.416 e. The van der Waals surface area contributed by atoms with Gasteiger partial charge in [-0.3, -0.25) is 4.90 Å². The van der Waals surface area contributed by atoms with Gasteiger partial charge in [-0.25, -0.2) is 4.79 Å². The van der Waals surface area contributed by atoms with Crippen LogP contribution in [0.1, 0.15) is 30.0 Å². The van der Waals surface area contributed by atoms with Crippen molar-refractivity contribution in [2.45, 2.75) is 38.3 Å². The van der Waals surface area contributed by atoms with Gasteiger partial charge in [0.2, 0.25) is 0 Å². The van der Waals surface area contributed by atoms with Gasteiger partial charge in [0.25, 0.3) is 0 Å². The lowest BCUT2D eigenvalue weighted by atomic mass is 10.1. The molecule has 4 nitrogen and oxygen atoms in total. The van der Waals surface area contributed by atoms with E-state index in [1.807, 2.05) is 30.3 Å². The van der Waals surface area contributed by atoms with Crippen LogP contribution in [0.4, 0.5) is 36.8 Å². The van der Waals surface area contributed by atoms with Gasteiger partial charge in [-0.05, 0) is 37.1 Å². The molecule has 1 heterocycles. The molecule has 0 radical (unpaired) electrons. The molecule has 0 aromatic heterocycles. The van der Waals surface area contributed by atoms with Crippen LogP contribution in [0.3, 0.4) is 0 Å². The molecule has 2 aromatic carbocycles.